The van der Waals surface area contributed by atoms with Gasteiger partial charge >= 0.3 is 0 Å². The van der Waals surface area contributed by atoms with Gasteiger partial charge in [-0.3, -0.25) is 4.79 Å². The third-order valence-electron chi connectivity index (χ3n) is 4.51. The number of benzene rings is 3. The summed E-state index contributed by atoms with van der Waals surface area (Å²) in [4.78, 5) is 21.9. The Morgan fingerprint density at radius 2 is 1.77 bits per heavy atom. The number of anilines is 1. The Morgan fingerprint density at radius 3 is 2.60 bits per heavy atom. The van der Waals surface area contributed by atoms with E-state index in [0.29, 0.717) is 17.9 Å². The second-order valence-electron chi connectivity index (χ2n) is 6.69. The summed E-state index contributed by atoms with van der Waals surface area (Å²) in [7, 11) is 1.60. The van der Waals surface area contributed by atoms with Crippen molar-refractivity contribution in [2.45, 2.75) is 11.4 Å². The molecule has 1 aromatic heterocycles. The predicted octanol–water partition coefficient (Wildman–Crippen LogP) is 4.96. The Kier molecular flexibility index (Phi) is 6.25. The molecule has 1 heterocycles. The number of para-hydroxylation sites is 1. The summed E-state index contributed by atoms with van der Waals surface area (Å²) in [5, 5.41) is 4.67. The fourth-order valence-corrected chi connectivity index (χ4v) is 3.93. The minimum atomic E-state index is -0.0967. The van der Waals surface area contributed by atoms with Crippen LogP contribution in [0, 0.1) is 0 Å². The quantitative estimate of drug-likeness (QED) is 0.341. The van der Waals surface area contributed by atoms with Crippen LogP contribution in [-0.4, -0.2) is 28.7 Å². The highest BCUT2D eigenvalue weighted by atomic mass is 32.2. The molecule has 0 aliphatic rings. The van der Waals surface area contributed by atoms with Crippen LogP contribution in [0.2, 0.25) is 0 Å². The number of amides is 1. The highest BCUT2D eigenvalue weighted by molar-refractivity contribution is 8.00. The Morgan fingerprint density at radius 1 is 0.967 bits per heavy atom. The van der Waals surface area contributed by atoms with Crippen molar-refractivity contribution in [3.05, 3.63) is 90.3 Å². The zero-order chi connectivity index (χ0) is 20.8. The molecule has 1 amide bonds. The average Bonchev–Trinajstić information content (AvgIpc) is 2.78. The fourth-order valence-electron chi connectivity index (χ4n) is 3.09. The first-order chi connectivity index (χ1) is 14.7. The summed E-state index contributed by atoms with van der Waals surface area (Å²) in [5.41, 5.74) is 2.74. The molecule has 0 aliphatic carbocycles. The lowest BCUT2D eigenvalue weighted by Gasteiger charge is -2.10. The molecule has 3 aromatic carbocycles. The Balaban J connectivity index is 1.51. The fraction of sp³-hybridized carbons (Fsp3) is 0.125. The number of nitrogens with zero attached hydrogens (tertiary/aromatic N) is 2. The van der Waals surface area contributed by atoms with Gasteiger partial charge in [0.15, 0.2) is 0 Å². The molecule has 0 saturated carbocycles. The van der Waals surface area contributed by atoms with Gasteiger partial charge in [-0.1, -0.05) is 66.4 Å². The van der Waals surface area contributed by atoms with E-state index in [-0.39, 0.29) is 11.7 Å². The first-order valence-corrected chi connectivity index (χ1v) is 10.6. The molecular weight excluding hydrogens is 394 g/mol. The summed E-state index contributed by atoms with van der Waals surface area (Å²) < 4.78 is 5.20. The maximum absolute atomic E-state index is 12.5. The van der Waals surface area contributed by atoms with Crippen LogP contribution in [-0.2, 0) is 11.2 Å². The topological polar surface area (TPSA) is 64.1 Å². The number of carbonyl (C=O) groups excluding carboxylic acids is 1. The largest absolute Gasteiger partial charge is 0.497 e. The molecule has 150 valence electrons. The van der Waals surface area contributed by atoms with Crippen molar-refractivity contribution in [1.82, 2.24) is 9.97 Å². The number of aromatic nitrogens is 2. The number of fused-ring (bicyclic) bond motifs is 1. The van der Waals surface area contributed by atoms with Gasteiger partial charge in [-0.05, 0) is 23.8 Å². The Hall–Kier alpha value is -3.38. The molecule has 5 nitrogen and oxygen atoms in total. The van der Waals surface area contributed by atoms with Crippen LogP contribution in [0.25, 0.3) is 10.9 Å². The zero-order valence-corrected chi connectivity index (χ0v) is 17.4. The number of hydrogen-bond donors (Lipinski definition) is 1. The average molecular weight is 416 g/mol. The van der Waals surface area contributed by atoms with Gasteiger partial charge in [0.25, 0.3) is 0 Å². The maximum atomic E-state index is 12.5. The molecule has 0 saturated heterocycles. The van der Waals surface area contributed by atoms with E-state index in [0.717, 1.165) is 27.3 Å². The SMILES string of the molecule is COc1cccc(NC(=O)CSc2nc(Cc3ccccc3)nc3ccccc23)c1. The molecule has 6 heteroatoms. The zero-order valence-electron chi connectivity index (χ0n) is 16.5. The van der Waals surface area contributed by atoms with Crippen LogP contribution in [0.5, 0.6) is 5.75 Å². The molecule has 0 fully saturated rings. The van der Waals surface area contributed by atoms with Crippen molar-refractivity contribution >= 4 is 34.3 Å². The molecule has 0 bridgehead atoms. The van der Waals surface area contributed by atoms with Crippen LogP contribution >= 0.6 is 11.8 Å². The van der Waals surface area contributed by atoms with Crippen molar-refractivity contribution in [3.63, 3.8) is 0 Å². The molecule has 30 heavy (non-hydrogen) atoms. The van der Waals surface area contributed by atoms with E-state index < -0.39 is 0 Å². The summed E-state index contributed by atoms with van der Waals surface area (Å²) in [6.45, 7) is 0. The molecule has 4 rings (SSSR count). The lowest BCUT2D eigenvalue weighted by molar-refractivity contribution is -0.113. The van der Waals surface area contributed by atoms with Crippen molar-refractivity contribution in [2.24, 2.45) is 0 Å². The molecule has 0 radical (unpaired) electrons. The first kappa shape index (κ1) is 19.9. The van der Waals surface area contributed by atoms with Crippen LogP contribution in [0.3, 0.4) is 0 Å². The van der Waals surface area contributed by atoms with Gasteiger partial charge in [0, 0.05) is 23.6 Å². The highest BCUT2D eigenvalue weighted by Gasteiger charge is 2.11. The third-order valence-corrected chi connectivity index (χ3v) is 5.50. The summed E-state index contributed by atoms with van der Waals surface area (Å²) in [5.74, 6) is 1.60. The van der Waals surface area contributed by atoms with E-state index in [4.69, 9.17) is 14.7 Å². The number of nitrogens with one attached hydrogen (secondary N) is 1. The lowest BCUT2D eigenvalue weighted by Crippen LogP contribution is -2.14. The predicted molar refractivity (Wildman–Crippen MR) is 121 cm³/mol. The lowest BCUT2D eigenvalue weighted by atomic mass is 10.1. The third kappa shape index (κ3) is 4.96. The van der Waals surface area contributed by atoms with E-state index in [1.165, 1.54) is 11.8 Å². The normalized spacial score (nSPS) is 10.7. The standard InChI is InChI=1S/C24H21N3O2S/c1-29-19-11-7-10-18(15-19)25-23(28)16-30-24-20-12-5-6-13-21(20)26-22(27-24)14-17-8-3-2-4-9-17/h2-13,15H,14,16H2,1H3,(H,25,28). The minimum Gasteiger partial charge on any atom is -0.497 e. The van der Waals surface area contributed by atoms with E-state index in [1.54, 1.807) is 13.2 Å². The van der Waals surface area contributed by atoms with Gasteiger partial charge in [-0.15, -0.1) is 0 Å². The number of hydrogen-bond acceptors (Lipinski definition) is 5. The van der Waals surface area contributed by atoms with Crippen LogP contribution in [0.4, 0.5) is 5.69 Å². The van der Waals surface area contributed by atoms with Gasteiger partial charge in [0.1, 0.15) is 16.6 Å². The number of carbonyl (C=O) groups is 1. The van der Waals surface area contributed by atoms with Gasteiger partial charge in [0.2, 0.25) is 5.91 Å². The smallest absolute Gasteiger partial charge is 0.234 e. The van der Waals surface area contributed by atoms with Gasteiger partial charge in [-0.25, -0.2) is 9.97 Å². The second kappa shape index (κ2) is 9.41. The summed E-state index contributed by atoms with van der Waals surface area (Å²) >= 11 is 1.42. The Bertz CT molecular complexity index is 1170. The van der Waals surface area contributed by atoms with Gasteiger partial charge < -0.3 is 10.1 Å². The number of rotatable bonds is 7. The van der Waals surface area contributed by atoms with E-state index in [1.807, 2.05) is 60.7 Å². The molecule has 4 aromatic rings. The van der Waals surface area contributed by atoms with Crippen molar-refractivity contribution in [3.8, 4) is 5.75 Å². The van der Waals surface area contributed by atoms with Crippen molar-refractivity contribution in [2.75, 3.05) is 18.2 Å². The van der Waals surface area contributed by atoms with Crippen LogP contribution < -0.4 is 10.1 Å². The van der Waals surface area contributed by atoms with Crippen LogP contribution in [0.15, 0.2) is 83.9 Å². The number of thioether (sulfide) groups is 1. The number of ether oxygens (including phenoxy) is 1. The van der Waals surface area contributed by atoms with Crippen molar-refractivity contribution in [1.29, 1.82) is 0 Å². The molecule has 1 N–H and O–H groups in total. The van der Waals surface area contributed by atoms with E-state index in [9.17, 15) is 4.79 Å². The van der Waals surface area contributed by atoms with Crippen LogP contribution in [0.1, 0.15) is 11.4 Å². The monoisotopic (exact) mass is 415 g/mol. The summed E-state index contributed by atoms with van der Waals surface area (Å²) in [6.07, 6.45) is 0.648. The maximum Gasteiger partial charge on any atom is 0.234 e. The van der Waals surface area contributed by atoms with E-state index >= 15 is 0 Å². The second-order valence-corrected chi connectivity index (χ2v) is 7.66. The highest BCUT2D eigenvalue weighted by Crippen LogP contribution is 2.26. The van der Waals surface area contributed by atoms with E-state index in [2.05, 4.69) is 17.4 Å². The van der Waals surface area contributed by atoms with Gasteiger partial charge in [-0.2, -0.15) is 0 Å². The summed E-state index contributed by atoms with van der Waals surface area (Å²) in [6, 6.07) is 25.3. The molecule has 0 unspecified atom stereocenters. The molecule has 0 aliphatic heterocycles. The first-order valence-electron chi connectivity index (χ1n) is 9.57. The van der Waals surface area contributed by atoms with Crippen molar-refractivity contribution < 1.29 is 9.53 Å². The molecule has 0 spiro atoms. The van der Waals surface area contributed by atoms with Gasteiger partial charge in [0.05, 0.1) is 18.4 Å². The minimum absolute atomic E-state index is 0.0967. The number of methoxy groups -OCH3 is 1. The molecule has 0 atom stereocenters. The molecular formula is C24H21N3O2S. The Labute approximate surface area is 179 Å².